The highest BCUT2D eigenvalue weighted by atomic mass is 35.5. The van der Waals surface area contributed by atoms with E-state index in [4.69, 9.17) is 0 Å². The van der Waals surface area contributed by atoms with Crippen molar-refractivity contribution in [3.8, 4) is 0 Å². The maximum atomic E-state index is 12.1. The first-order chi connectivity index (χ1) is 9.22. The molecule has 1 aromatic carbocycles. The molecule has 0 radical (unpaired) electrons. The Kier molecular flexibility index (Phi) is 4.96. The van der Waals surface area contributed by atoms with E-state index >= 15 is 0 Å². The van der Waals surface area contributed by atoms with Crippen molar-refractivity contribution in [2.75, 3.05) is 11.9 Å². The molecule has 1 unspecified atom stereocenters. The van der Waals surface area contributed by atoms with Crippen molar-refractivity contribution < 1.29 is 4.79 Å². The number of hydrogen-bond acceptors (Lipinski definition) is 4. The molecule has 0 spiro atoms. The Balaban J connectivity index is 0.00000147. The van der Waals surface area contributed by atoms with Crippen LogP contribution in [-0.2, 0) is 4.79 Å². The molecule has 2 heterocycles. The lowest BCUT2D eigenvalue weighted by Crippen LogP contribution is -2.43. The highest BCUT2D eigenvalue weighted by molar-refractivity contribution is 7.22. The van der Waals surface area contributed by atoms with Crippen molar-refractivity contribution in [2.45, 2.75) is 32.2 Å². The number of halogens is 1. The Morgan fingerprint density at radius 3 is 3.05 bits per heavy atom. The van der Waals surface area contributed by atoms with Crippen molar-refractivity contribution in [2.24, 2.45) is 0 Å². The summed E-state index contributed by atoms with van der Waals surface area (Å²) >= 11 is 1.53. The molecule has 6 heteroatoms. The largest absolute Gasteiger partial charge is 0.306 e. The van der Waals surface area contributed by atoms with Crippen molar-refractivity contribution in [3.05, 3.63) is 23.8 Å². The summed E-state index contributed by atoms with van der Waals surface area (Å²) in [6.07, 6.45) is 3.18. The highest BCUT2D eigenvalue weighted by Gasteiger charge is 2.21. The SMILES string of the molecule is Cc1ccc2nc(NC(=O)C3CCCCN3)sc2c1.Cl. The normalized spacial score (nSPS) is 18.6. The zero-order valence-corrected chi connectivity index (χ0v) is 12.9. The molecular weight excluding hydrogens is 294 g/mol. The van der Waals surface area contributed by atoms with E-state index in [9.17, 15) is 4.79 Å². The van der Waals surface area contributed by atoms with Gasteiger partial charge in [-0.15, -0.1) is 12.4 Å². The van der Waals surface area contributed by atoms with Gasteiger partial charge in [-0.05, 0) is 44.0 Å². The van der Waals surface area contributed by atoms with Crippen LogP contribution in [0.15, 0.2) is 18.2 Å². The molecule has 4 nitrogen and oxygen atoms in total. The number of nitrogens with zero attached hydrogens (tertiary/aromatic N) is 1. The number of carbonyl (C=O) groups excluding carboxylic acids is 1. The van der Waals surface area contributed by atoms with Gasteiger partial charge in [0.1, 0.15) is 0 Å². The zero-order valence-electron chi connectivity index (χ0n) is 11.3. The Bertz CT molecular complexity index is 607. The van der Waals surface area contributed by atoms with Gasteiger partial charge in [-0.25, -0.2) is 4.98 Å². The minimum Gasteiger partial charge on any atom is -0.306 e. The van der Waals surface area contributed by atoms with E-state index in [1.807, 2.05) is 12.1 Å². The summed E-state index contributed by atoms with van der Waals surface area (Å²) in [7, 11) is 0. The molecule has 20 heavy (non-hydrogen) atoms. The van der Waals surface area contributed by atoms with E-state index in [2.05, 4.69) is 28.6 Å². The molecule has 1 aliphatic heterocycles. The van der Waals surface area contributed by atoms with Gasteiger partial charge >= 0.3 is 0 Å². The lowest BCUT2D eigenvalue weighted by molar-refractivity contribution is -0.118. The van der Waals surface area contributed by atoms with E-state index in [1.165, 1.54) is 16.9 Å². The number of carbonyl (C=O) groups is 1. The number of fused-ring (bicyclic) bond motifs is 1. The van der Waals surface area contributed by atoms with E-state index < -0.39 is 0 Å². The van der Waals surface area contributed by atoms with Gasteiger partial charge in [0.05, 0.1) is 16.3 Å². The molecule has 1 amide bonds. The molecule has 108 valence electrons. The summed E-state index contributed by atoms with van der Waals surface area (Å²) in [5.41, 5.74) is 2.16. The first-order valence-corrected chi connectivity index (χ1v) is 7.45. The third-order valence-corrected chi connectivity index (χ3v) is 4.33. The number of piperidine rings is 1. The van der Waals surface area contributed by atoms with Gasteiger partial charge in [-0.1, -0.05) is 23.8 Å². The van der Waals surface area contributed by atoms with Crippen LogP contribution in [0.4, 0.5) is 5.13 Å². The lowest BCUT2D eigenvalue weighted by Gasteiger charge is -2.21. The van der Waals surface area contributed by atoms with Gasteiger partial charge in [0.15, 0.2) is 5.13 Å². The van der Waals surface area contributed by atoms with Crippen molar-refractivity contribution in [1.29, 1.82) is 0 Å². The van der Waals surface area contributed by atoms with E-state index in [1.54, 1.807) is 0 Å². The van der Waals surface area contributed by atoms with Gasteiger partial charge in [-0.2, -0.15) is 0 Å². The number of amides is 1. The fourth-order valence-electron chi connectivity index (χ4n) is 2.35. The van der Waals surface area contributed by atoms with Gasteiger partial charge in [0, 0.05) is 0 Å². The summed E-state index contributed by atoms with van der Waals surface area (Å²) in [5.74, 6) is 0.0375. The smallest absolute Gasteiger partial charge is 0.243 e. The standard InChI is InChI=1S/C14H17N3OS.ClH/c1-9-5-6-10-12(8-9)19-14(16-10)17-13(18)11-4-2-3-7-15-11;/h5-6,8,11,15H,2-4,7H2,1H3,(H,16,17,18);1H. The third-order valence-electron chi connectivity index (χ3n) is 3.40. The minimum atomic E-state index is -0.0671. The van der Waals surface area contributed by atoms with Crippen molar-refractivity contribution in [1.82, 2.24) is 10.3 Å². The van der Waals surface area contributed by atoms with Crippen LogP contribution >= 0.6 is 23.7 Å². The third kappa shape index (κ3) is 3.29. The molecule has 1 saturated heterocycles. The minimum absolute atomic E-state index is 0. The molecule has 1 fully saturated rings. The van der Waals surface area contributed by atoms with Crippen LogP contribution in [0.1, 0.15) is 24.8 Å². The molecule has 1 aliphatic rings. The van der Waals surface area contributed by atoms with Crippen LogP contribution in [0.3, 0.4) is 0 Å². The maximum Gasteiger partial charge on any atom is 0.243 e. The summed E-state index contributed by atoms with van der Waals surface area (Å²) in [5, 5.41) is 6.87. The van der Waals surface area contributed by atoms with Gasteiger partial charge in [0.2, 0.25) is 5.91 Å². The molecule has 0 saturated carbocycles. The number of aryl methyl sites for hydroxylation is 1. The van der Waals surface area contributed by atoms with Gasteiger partial charge in [0.25, 0.3) is 0 Å². The summed E-state index contributed by atoms with van der Waals surface area (Å²) < 4.78 is 1.12. The number of nitrogens with one attached hydrogen (secondary N) is 2. The van der Waals surface area contributed by atoms with E-state index in [0.717, 1.165) is 36.0 Å². The second kappa shape index (κ2) is 6.52. The monoisotopic (exact) mass is 311 g/mol. The molecule has 2 N–H and O–H groups in total. The van der Waals surface area contributed by atoms with Crippen molar-refractivity contribution in [3.63, 3.8) is 0 Å². The first-order valence-electron chi connectivity index (χ1n) is 6.64. The average molecular weight is 312 g/mol. The van der Waals surface area contributed by atoms with Crippen LogP contribution in [0.5, 0.6) is 0 Å². The number of benzene rings is 1. The summed E-state index contributed by atoms with van der Waals surface area (Å²) in [4.78, 5) is 16.6. The highest BCUT2D eigenvalue weighted by Crippen LogP contribution is 2.26. The van der Waals surface area contributed by atoms with Crippen LogP contribution in [0.2, 0.25) is 0 Å². The number of hydrogen-bond donors (Lipinski definition) is 2. The Labute approximate surface area is 128 Å². The molecule has 0 aliphatic carbocycles. The van der Waals surface area contributed by atoms with Crippen molar-refractivity contribution >= 4 is 45.0 Å². The molecule has 3 rings (SSSR count). The Morgan fingerprint density at radius 2 is 2.30 bits per heavy atom. The molecule has 1 atom stereocenters. The van der Waals surface area contributed by atoms with E-state index in [0.29, 0.717) is 5.13 Å². The van der Waals surface area contributed by atoms with Gasteiger partial charge in [-0.3, -0.25) is 4.79 Å². The molecular formula is C14H18ClN3OS. The average Bonchev–Trinajstić information content (AvgIpc) is 2.81. The fraction of sp³-hybridized carbons (Fsp3) is 0.429. The maximum absolute atomic E-state index is 12.1. The Hall–Kier alpha value is -1.17. The quantitative estimate of drug-likeness (QED) is 0.896. The fourth-order valence-corrected chi connectivity index (χ4v) is 3.32. The van der Waals surface area contributed by atoms with Crippen LogP contribution < -0.4 is 10.6 Å². The molecule has 2 aromatic rings. The molecule has 1 aromatic heterocycles. The Morgan fingerprint density at radius 1 is 1.45 bits per heavy atom. The van der Waals surface area contributed by atoms with Crippen LogP contribution in [0.25, 0.3) is 10.2 Å². The summed E-state index contributed by atoms with van der Waals surface area (Å²) in [6.45, 7) is 2.99. The number of aromatic nitrogens is 1. The first kappa shape index (κ1) is 15.2. The molecule has 0 bridgehead atoms. The van der Waals surface area contributed by atoms with Crippen LogP contribution in [0, 0.1) is 6.92 Å². The predicted molar refractivity (Wildman–Crippen MR) is 85.9 cm³/mol. The lowest BCUT2D eigenvalue weighted by atomic mass is 10.0. The van der Waals surface area contributed by atoms with E-state index in [-0.39, 0.29) is 24.4 Å². The summed E-state index contributed by atoms with van der Waals surface area (Å²) in [6, 6.07) is 6.07. The second-order valence-electron chi connectivity index (χ2n) is 4.98. The van der Waals surface area contributed by atoms with Crippen LogP contribution in [-0.4, -0.2) is 23.5 Å². The zero-order chi connectivity index (χ0) is 13.2. The second-order valence-corrected chi connectivity index (χ2v) is 6.01. The number of thiazole rings is 1. The number of anilines is 1. The number of rotatable bonds is 2. The van der Waals surface area contributed by atoms with Gasteiger partial charge < -0.3 is 10.6 Å². The predicted octanol–water partition coefficient (Wildman–Crippen LogP) is 3.11. The topological polar surface area (TPSA) is 54.0 Å².